The van der Waals surface area contributed by atoms with Gasteiger partial charge < -0.3 is 9.80 Å². The van der Waals surface area contributed by atoms with Crippen molar-refractivity contribution in [2.45, 2.75) is 43.4 Å². The van der Waals surface area contributed by atoms with E-state index in [-0.39, 0.29) is 16.7 Å². The van der Waals surface area contributed by atoms with Gasteiger partial charge in [0.15, 0.2) is 5.82 Å². The van der Waals surface area contributed by atoms with Crippen LogP contribution in [0.1, 0.15) is 77.1 Å². The maximum Gasteiger partial charge on any atom is 0.157 e. The van der Waals surface area contributed by atoms with E-state index in [0.29, 0.717) is 5.92 Å². The Hall–Kier alpha value is -6.71. The molecule has 5 aliphatic carbocycles. The zero-order valence-corrected chi connectivity index (χ0v) is 34.3. The molecule has 4 unspecified atom stereocenters. The van der Waals surface area contributed by atoms with Crippen LogP contribution in [-0.4, -0.2) is 18.1 Å². The first-order chi connectivity index (χ1) is 29.6. The largest absolute Gasteiger partial charge is 0.337 e. The van der Waals surface area contributed by atoms with Crippen LogP contribution in [0.25, 0.3) is 22.3 Å². The summed E-state index contributed by atoms with van der Waals surface area (Å²) < 4.78 is 0. The molecule has 5 aromatic carbocycles. The summed E-state index contributed by atoms with van der Waals surface area (Å²) in [6.07, 6.45) is 17.7. The number of aromatic nitrogens is 1. The maximum atomic E-state index is 5.17. The molecule has 290 valence electrons. The average Bonchev–Trinajstić information content (AvgIpc) is 3.96. The van der Waals surface area contributed by atoms with Crippen molar-refractivity contribution in [2.75, 3.05) is 22.9 Å². The lowest BCUT2D eigenvalue weighted by molar-refractivity contribution is 0.444. The molecule has 4 atom stereocenters. The molecule has 0 fully saturated rings. The van der Waals surface area contributed by atoms with Gasteiger partial charge in [-0.15, -0.1) is 0 Å². The molecular formula is C57H47N3. The molecule has 1 aliphatic heterocycles. The fourth-order valence-electron chi connectivity index (χ4n) is 12.7. The first-order valence-electron chi connectivity index (χ1n) is 21.7. The van der Waals surface area contributed by atoms with Gasteiger partial charge in [-0.2, -0.15) is 0 Å². The molecule has 3 heteroatoms. The minimum Gasteiger partial charge on any atom is -0.337 e. The number of allylic oxidation sites excluding steroid dienone is 10. The topological polar surface area (TPSA) is 19.4 Å². The number of hydrogen-bond acceptors (Lipinski definition) is 3. The molecule has 0 saturated carbocycles. The number of hydrogen-bond donors (Lipinski definition) is 0. The van der Waals surface area contributed by atoms with Crippen LogP contribution >= 0.6 is 0 Å². The zero-order chi connectivity index (χ0) is 40.3. The summed E-state index contributed by atoms with van der Waals surface area (Å²) >= 11 is 0. The summed E-state index contributed by atoms with van der Waals surface area (Å²) in [4.78, 5) is 10.1. The Morgan fingerprint density at radius 2 is 1.37 bits per heavy atom. The third-order valence-electron chi connectivity index (χ3n) is 14.9. The zero-order valence-electron chi connectivity index (χ0n) is 34.3. The SMILES string of the molecule is C=CC1=C(C=C)C2(c3cc(N4CCN(c5ccc6c(c5)C5(C7=C(CCC=C7)c7ccccc75)c5ccccc5-6)c5ncccc54)ccc31)c1ccccc1C(C)C2/C=C\C. The lowest BCUT2D eigenvalue weighted by Gasteiger charge is -2.40. The Bertz CT molecular complexity index is 2990. The van der Waals surface area contributed by atoms with Crippen molar-refractivity contribution in [2.24, 2.45) is 5.92 Å². The van der Waals surface area contributed by atoms with Gasteiger partial charge in [0.25, 0.3) is 0 Å². The Balaban J connectivity index is 0.996. The number of fused-ring (bicyclic) bond motifs is 14. The van der Waals surface area contributed by atoms with E-state index in [1.165, 1.54) is 89.3 Å². The van der Waals surface area contributed by atoms with E-state index in [4.69, 9.17) is 4.98 Å². The van der Waals surface area contributed by atoms with E-state index >= 15 is 0 Å². The lowest BCUT2D eigenvalue weighted by Crippen LogP contribution is -2.37. The normalized spacial score (nSPS) is 23.8. The number of nitrogens with zero attached hydrogens (tertiary/aromatic N) is 3. The van der Waals surface area contributed by atoms with Crippen LogP contribution in [0.5, 0.6) is 0 Å². The maximum absolute atomic E-state index is 5.17. The Kier molecular flexibility index (Phi) is 7.58. The molecule has 6 aliphatic rings. The van der Waals surface area contributed by atoms with Crippen LogP contribution in [0.15, 0.2) is 188 Å². The molecule has 0 radical (unpaired) electrons. The second-order valence-electron chi connectivity index (χ2n) is 17.3. The summed E-state index contributed by atoms with van der Waals surface area (Å²) in [6.45, 7) is 14.9. The van der Waals surface area contributed by atoms with Crippen molar-refractivity contribution in [3.05, 3.63) is 233 Å². The summed E-state index contributed by atoms with van der Waals surface area (Å²) in [6, 6.07) is 46.0. The third-order valence-corrected chi connectivity index (χ3v) is 14.9. The smallest absolute Gasteiger partial charge is 0.157 e. The molecule has 60 heavy (non-hydrogen) atoms. The molecule has 2 spiro atoms. The highest BCUT2D eigenvalue weighted by molar-refractivity contribution is 5.97. The monoisotopic (exact) mass is 773 g/mol. The van der Waals surface area contributed by atoms with Crippen LogP contribution in [-0.2, 0) is 10.8 Å². The minimum atomic E-state index is -0.363. The number of pyridine rings is 1. The predicted octanol–water partition coefficient (Wildman–Crippen LogP) is 13.5. The Morgan fingerprint density at radius 1 is 0.683 bits per heavy atom. The van der Waals surface area contributed by atoms with Gasteiger partial charge >= 0.3 is 0 Å². The van der Waals surface area contributed by atoms with Crippen LogP contribution in [0.4, 0.5) is 22.9 Å². The summed E-state index contributed by atoms with van der Waals surface area (Å²) in [7, 11) is 0. The summed E-state index contributed by atoms with van der Waals surface area (Å²) in [5, 5.41) is 0. The van der Waals surface area contributed by atoms with Gasteiger partial charge in [-0.05, 0) is 140 Å². The van der Waals surface area contributed by atoms with E-state index in [1.54, 1.807) is 0 Å². The molecule has 12 rings (SSSR count). The van der Waals surface area contributed by atoms with Gasteiger partial charge in [-0.3, -0.25) is 0 Å². The van der Waals surface area contributed by atoms with Crippen molar-refractivity contribution >= 4 is 34.0 Å². The average molecular weight is 774 g/mol. The minimum absolute atomic E-state index is 0.238. The standard InChI is InChI=1S/C57H47N3/c1-5-17-47-36(4)40-18-8-12-22-48(40)56(47)46(7-3)39(6-2)44-29-27-37(34-52(44)56)59-32-33-60(55-54(59)26-16-31-58-55)38-28-30-45-43-21-11-15-25-51(43)57(53(45)35-38)49-23-13-9-19-41(49)42-20-10-14-24-50(42)57/h5-9,11-19,21-31,34-36,47H,2-3,10,20,32-33H2,1,4H3/b17-5-. The van der Waals surface area contributed by atoms with E-state index in [0.717, 1.165) is 37.4 Å². The fraction of sp³-hybridized carbons (Fsp3) is 0.175. The van der Waals surface area contributed by atoms with Gasteiger partial charge in [-0.25, -0.2) is 4.98 Å². The van der Waals surface area contributed by atoms with Crippen LogP contribution < -0.4 is 9.80 Å². The summed E-state index contributed by atoms with van der Waals surface area (Å²) in [5.74, 6) is 1.56. The number of rotatable bonds is 5. The van der Waals surface area contributed by atoms with Crippen LogP contribution in [0, 0.1) is 5.92 Å². The predicted molar refractivity (Wildman–Crippen MR) is 249 cm³/mol. The molecular weight excluding hydrogens is 727 g/mol. The Labute approximate surface area is 353 Å². The van der Waals surface area contributed by atoms with Gasteiger partial charge in [0, 0.05) is 36.6 Å². The molecule has 0 bridgehead atoms. The second kappa shape index (κ2) is 12.9. The fourth-order valence-corrected chi connectivity index (χ4v) is 12.7. The van der Waals surface area contributed by atoms with Crippen molar-refractivity contribution < 1.29 is 0 Å². The van der Waals surface area contributed by atoms with E-state index < -0.39 is 0 Å². The molecule has 0 saturated heterocycles. The van der Waals surface area contributed by atoms with Crippen molar-refractivity contribution in [1.29, 1.82) is 0 Å². The highest BCUT2D eigenvalue weighted by Gasteiger charge is 2.57. The van der Waals surface area contributed by atoms with Crippen molar-refractivity contribution in [1.82, 2.24) is 4.98 Å². The van der Waals surface area contributed by atoms with Crippen molar-refractivity contribution in [3.8, 4) is 11.1 Å². The van der Waals surface area contributed by atoms with Gasteiger partial charge in [0.2, 0.25) is 0 Å². The number of benzene rings is 5. The van der Waals surface area contributed by atoms with E-state index in [2.05, 4.69) is 189 Å². The lowest BCUT2D eigenvalue weighted by atomic mass is 9.65. The number of anilines is 4. The Morgan fingerprint density at radius 3 is 2.17 bits per heavy atom. The van der Waals surface area contributed by atoms with E-state index in [9.17, 15) is 0 Å². The molecule has 3 nitrogen and oxygen atoms in total. The van der Waals surface area contributed by atoms with E-state index in [1.807, 2.05) is 12.3 Å². The summed E-state index contributed by atoms with van der Waals surface area (Å²) in [5.41, 5.74) is 21.8. The molecule has 0 N–H and O–H groups in total. The first kappa shape index (κ1) is 35.3. The molecule has 1 aromatic heterocycles. The van der Waals surface area contributed by atoms with Crippen LogP contribution in [0.3, 0.4) is 0 Å². The highest BCUT2D eigenvalue weighted by atomic mass is 15.3. The second-order valence-corrected chi connectivity index (χ2v) is 17.3. The molecule has 2 heterocycles. The van der Waals surface area contributed by atoms with Gasteiger partial charge in [-0.1, -0.05) is 141 Å². The van der Waals surface area contributed by atoms with Gasteiger partial charge in [0.05, 0.1) is 16.5 Å². The van der Waals surface area contributed by atoms with Gasteiger partial charge in [0.1, 0.15) is 0 Å². The quantitative estimate of drug-likeness (QED) is 0.163. The third kappa shape index (κ3) is 4.27. The van der Waals surface area contributed by atoms with Crippen molar-refractivity contribution in [3.63, 3.8) is 0 Å². The highest BCUT2D eigenvalue weighted by Crippen LogP contribution is 2.66. The molecule has 0 amide bonds. The molecule has 6 aromatic rings. The van der Waals surface area contributed by atoms with Crippen LogP contribution in [0.2, 0.25) is 0 Å². The first-order valence-corrected chi connectivity index (χ1v) is 21.7.